The van der Waals surface area contributed by atoms with Gasteiger partial charge in [-0.15, -0.1) is 0 Å². The van der Waals surface area contributed by atoms with Crippen LogP contribution < -0.4 is 5.32 Å². The molecule has 0 saturated heterocycles. The maximum Gasteiger partial charge on any atom is 0.408 e. The monoisotopic (exact) mass is 281 g/mol. The van der Waals surface area contributed by atoms with Crippen LogP contribution in [0.15, 0.2) is 23.8 Å². The van der Waals surface area contributed by atoms with Gasteiger partial charge in [0.25, 0.3) is 0 Å². The molecule has 0 spiro atoms. The van der Waals surface area contributed by atoms with Gasteiger partial charge in [-0.3, -0.25) is 4.79 Å². The Morgan fingerprint density at radius 2 is 2.10 bits per heavy atom. The zero-order valence-electron chi connectivity index (χ0n) is 11.7. The highest BCUT2D eigenvalue weighted by Gasteiger charge is 2.23. The molecule has 1 aliphatic rings. The number of alkyl carbamates (subject to hydrolysis) is 1. The largest absolute Gasteiger partial charge is 0.467 e. The smallest absolute Gasteiger partial charge is 0.408 e. The van der Waals surface area contributed by atoms with Crippen molar-refractivity contribution >= 4 is 17.8 Å². The molecule has 0 saturated carbocycles. The van der Waals surface area contributed by atoms with Gasteiger partial charge < -0.3 is 14.8 Å². The van der Waals surface area contributed by atoms with Gasteiger partial charge in [0.1, 0.15) is 18.4 Å². The van der Waals surface area contributed by atoms with E-state index in [9.17, 15) is 14.4 Å². The van der Waals surface area contributed by atoms with E-state index in [0.29, 0.717) is 0 Å². The number of methoxy groups -OCH3 is 1. The quantitative estimate of drug-likeness (QED) is 0.746. The van der Waals surface area contributed by atoms with Crippen LogP contribution in [0.5, 0.6) is 0 Å². The van der Waals surface area contributed by atoms with Gasteiger partial charge in [-0.25, -0.2) is 9.59 Å². The van der Waals surface area contributed by atoms with E-state index in [4.69, 9.17) is 4.74 Å². The molecule has 0 fully saturated rings. The molecule has 0 heterocycles. The summed E-state index contributed by atoms with van der Waals surface area (Å²) in [5.41, 5.74) is 0.910. The van der Waals surface area contributed by atoms with Crippen LogP contribution in [0.25, 0.3) is 0 Å². The molecule has 1 amide bonds. The van der Waals surface area contributed by atoms with Gasteiger partial charge >= 0.3 is 12.1 Å². The van der Waals surface area contributed by atoms with Gasteiger partial charge in [0, 0.05) is 6.42 Å². The van der Waals surface area contributed by atoms with Gasteiger partial charge in [-0.05, 0) is 25.3 Å². The summed E-state index contributed by atoms with van der Waals surface area (Å²) in [5, 5.41) is 2.33. The predicted molar refractivity (Wildman–Crippen MR) is 72.0 cm³/mol. The molecule has 0 bridgehead atoms. The summed E-state index contributed by atoms with van der Waals surface area (Å²) in [4.78, 5) is 34.1. The lowest BCUT2D eigenvalue weighted by Gasteiger charge is -2.15. The molecule has 110 valence electrons. The van der Waals surface area contributed by atoms with E-state index in [1.165, 1.54) is 14.0 Å². The summed E-state index contributed by atoms with van der Waals surface area (Å²) in [6, 6.07) is -1.01. The second kappa shape index (κ2) is 8.14. The van der Waals surface area contributed by atoms with E-state index in [2.05, 4.69) is 10.1 Å². The van der Waals surface area contributed by atoms with Crippen LogP contribution in [-0.2, 0) is 19.1 Å². The number of amides is 1. The van der Waals surface area contributed by atoms with Crippen molar-refractivity contribution < 1.29 is 23.9 Å². The van der Waals surface area contributed by atoms with Gasteiger partial charge in [0.2, 0.25) is 0 Å². The first-order valence-electron chi connectivity index (χ1n) is 6.39. The minimum atomic E-state index is -1.01. The van der Waals surface area contributed by atoms with E-state index in [1.54, 1.807) is 0 Å². The molecule has 1 rings (SSSR count). The standard InChI is InChI=1S/C14H19NO5/c1-10(16)8-12(13(17)19-2)15-14(18)20-9-11-6-4-3-5-7-11/h4,6-7,12H,3,5,8-9H2,1-2H3,(H,15,18). The Morgan fingerprint density at radius 1 is 1.35 bits per heavy atom. The highest BCUT2D eigenvalue weighted by atomic mass is 16.6. The first kappa shape index (κ1) is 15.9. The van der Waals surface area contributed by atoms with E-state index >= 15 is 0 Å². The number of ketones is 1. The van der Waals surface area contributed by atoms with Crippen LogP contribution in [0.2, 0.25) is 0 Å². The summed E-state index contributed by atoms with van der Waals surface area (Å²) >= 11 is 0. The first-order valence-corrected chi connectivity index (χ1v) is 6.39. The molecule has 1 N–H and O–H groups in total. The number of nitrogens with one attached hydrogen (secondary N) is 1. The summed E-state index contributed by atoms with van der Waals surface area (Å²) in [5.74, 6) is -0.896. The van der Waals surface area contributed by atoms with Crippen LogP contribution >= 0.6 is 0 Å². The minimum absolute atomic E-state index is 0.121. The molecule has 20 heavy (non-hydrogen) atoms. The van der Waals surface area contributed by atoms with Gasteiger partial charge in [-0.2, -0.15) is 0 Å². The van der Waals surface area contributed by atoms with Crippen molar-refractivity contribution in [3.8, 4) is 0 Å². The number of Topliss-reactive ketones (excluding diaryl/α,β-unsaturated/α-hetero) is 1. The Kier molecular flexibility index (Phi) is 6.49. The molecule has 0 aromatic carbocycles. The van der Waals surface area contributed by atoms with Crippen LogP contribution in [0, 0.1) is 0 Å². The van der Waals surface area contributed by atoms with Gasteiger partial charge in [0.05, 0.1) is 7.11 Å². The molecule has 1 atom stereocenters. The third-order valence-corrected chi connectivity index (χ3v) is 2.71. The van der Waals surface area contributed by atoms with Gasteiger partial charge in [-0.1, -0.05) is 18.2 Å². The van der Waals surface area contributed by atoms with Crippen molar-refractivity contribution in [1.29, 1.82) is 0 Å². The third kappa shape index (κ3) is 5.69. The molecule has 6 nitrogen and oxygen atoms in total. The van der Waals surface area contributed by atoms with Crippen molar-refractivity contribution in [2.75, 3.05) is 13.7 Å². The number of hydrogen-bond acceptors (Lipinski definition) is 5. The lowest BCUT2D eigenvalue weighted by atomic mass is 10.1. The van der Waals surface area contributed by atoms with E-state index in [-0.39, 0.29) is 18.8 Å². The fraction of sp³-hybridized carbons (Fsp3) is 0.500. The molecule has 0 radical (unpaired) electrons. The second-order valence-electron chi connectivity index (χ2n) is 4.46. The number of carbonyl (C=O) groups is 3. The Bertz CT molecular complexity index is 439. The highest BCUT2D eigenvalue weighted by molar-refractivity contribution is 5.87. The van der Waals surface area contributed by atoms with Crippen LogP contribution in [-0.4, -0.2) is 37.6 Å². The molecule has 6 heteroatoms. The van der Waals surface area contributed by atoms with Crippen LogP contribution in [0.3, 0.4) is 0 Å². The molecular weight excluding hydrogens is 262 g/mol. The summed E-state index contributed by atoms with van der Waals surface area (Å²) < 4.78 is 9.52. The van der Waals surface area contributed by atoms with Crippen molar-refractivity contribution in [1.82, 2.24) is 5.32 Å². The summed E-state index contributed by atoms with van der Waals surface area (Å²) in [7, 11) is 1.19. The Morgan fingerprint density at radius 3 is 2.65 bits per heavy atom. The Hall–Kier alpha value is -2.11. The lowest BCUT2D eigenvalue weighted by Crippen LogP contribution is -2.43. The molecule has 0 aliphatic heterocycles. The fourth-order valence-corrected chi connectivity index (χ4v) is 1.73. The maximum absolute atomic E-state index is 11.6. The molecule has 0 aromatic heterocycles. The second-order valence-corrected chi connectivity index (χ2v) is 4.46. The number of esters is 1. The van der Waals surface area contributed by atoms with E-state index < -0.39 is 18.1 Å². The van der Waals surface area contributed by atoms with Crippen LogP contribution in [0.4, 0.5) is 4.79 Å². The Balaban J connectivity index is 2.44. The average molecular weight is 281 g/mol. The van der Waals surface area contributed by atoms with Gasteiger partial charge in [0.15, 0.2) is 0 Å². The van der Waals surface area contributed by atoms with Crippen molar-refractivity contribution in [3.05, 3.63) is 23.8 Å². The fourth-order valence-electron chi connectivity index (χ4n) is 1.73. The molecule has 1 unspecified atom stereocenters. The number of hydrogen-bond donors (Lipinski definition) is 1. The van der Waals surface area contributed by atoms with Crippen molar-refractivity contribution in [3.63, 3.8) is 0 Å². The predicted octanol–water partition coefficient (Wildman–Crippen LogP) is 1.51. The first-order chi connectivity index (χ1) is 9.52. The molecule has 0 aromatic rings. The van der Waals surface area contributed by atoms with Crippen LogP contribution in [0.1, 0.15) is 26.2 Å². The highest BCUT2D eigenvalue weighted by Crippen LogP contribution is 2.09. The topological polar surface area (TPSA) is 81.7 Å². The normalized spacial score (nSPS) is 15.0. The average Bonchev–Trinajstić information content (AvgIpc) is 2.44. The van der Waals surface area contributed by atoms with E-state index in [0.717, 1.165) is 18.4 Å². The number of rotatable bonds is 6. The molecule has 1 aliphatic carbocycles. The lowest BCUT2D eigenvalue weighted by molar-refractivity contribution is -0.144. The summed E-state index contributed by atoms with van der Waals surface area (Å²) in [6.07, 6.45) is 6.92. The number of allylic oxidation sites excluding steroid dienone is 2. The zero-order valence-corrected chi connectivity index (χ0v) is 11.7. The van der Waals surface area contributed by atoms with E-state index in [1.807, 2.05) is 18.2 Å². The Labute approximate surface area is 117 Å². The molecular formula is C14H19NO5. The summed E-state index contributed by atoms with van der Waals surface area (Å²) in [6.45, 7) is 1.47. The number of carbonyl (C=O) groups excluding carboxylic acids is 3. The maximum atomic E-state index is 11.6. The van der Waals surface area contributed by atoms with Crippen molar-refractivity contribution in [2.24, 2.45) is 0 Å². The van der Waals surface area contributed by atoms with Crippen molar-refractivity contribution in [2.45, 2.75) is 32.2 Å². The minimum Gasteiger partial charge on any atom is -0.467 e. The zero-order chi connectivity index (χ0) is 15.0. The third-order valence-electron chi connectivity index (χ3n) is 2.71. The number of ether oxygens (including phenoxy) is 2. The SMILES string of the molecule is COC(=O)C(CC(C)=O)NC(=O)OCC1=CCCC=C1.